The predicted octanol–water partition coefficient (Wildman–Crippen LogP) is 3.26. The highest BCUT2D eigenvalue weighted by Gasteiger charge is 2.31. The van der Waals surface area contributed by atoms with Gasteiger partial charge >= 0.3 is 0 Å². The molecule has 1 saturated carbocycles. The highest BCUT2D eigenvalue weighted by Crippen LogP contribution is 2.29. The molecule has 6 heteroatoms. The number of hydrogen-bond acceptors (Lipinski definition) is 5. The van der Waals surface area contributed by atoms with Crippen molar-refractivity contribution < 1.29 is 9.53 Å². The fraction of sp³-hybridized carbons (Fsp3) is 0.500. The fourth-order valence-corrected chi connectivity index (χ4v) is 4.35. The average Bonchev–Trinajstić information content (AvgIpc) is 3.09. The molecule has 1 saturated heterocycles. The van der Waals surface area contributed by atoms with Crippen molar-refractivity contribution in [2.24, 2.45) is 5.92 Å². The lowest BCUT2D eigenvalue weighted by Crippen LogP contribution is -2.50. The predicted molar refractivity (Wildman–Crippen MR) is 103 cm³/mol. The van der Waals surface area contributed by atoms with Gasteiger partial charge in [0.05, 0.1) is 19.3 Å². The van der Waals surface area contributed by atoms with Gasteiger partial charge in [0.2, 0.25) is 5.91 Å². The molecule has 138 valence electrons. The lowest BCUT2D eigenvalue weighted by Gasteiger charge is -2.38. The maximum atomic E-state index is 12.3. The van der Waals surface area contributed by atoms with Crippen LogP contribution in [0.25, 0.3) is 11.3 Å². The summed E-state index contributed by atoms with van der Waals surface area (Å²) in [7, 11) is 1.68. The maximum Gasteiger partial charge on any atom is 0.225 e. The summed E-state index contributed by atoms with van der Waals surface area (Å²) in [5, 5.41) is 3.25. The van der Waals surface area contributed by atoms with Crippen LogP contribution in [0.2, 0.25) is 0 Å². The largest absolute Gasteiger partial charge is 0.497 e. The molecule has 5 nitrogen and oxygen atoms in total. The SMILES string of the molecule is COc1ccc(-c2csc(CN3CCN(C(=O)C4CCC4)CC3)n2)cc1. The van der Waals surface area contributed by atoms with Crippen LogP contribution in [0.15, 0.2) is 29.6 Å². The van der Waals surface area contributed by atoms with Crippen molar-refractivity contribution in [1.29, 1.82) is 0 Å². The van der Waals surface area contributed by atoms with Crippen LogP contribution in [-0.4, -0.2) is 54.0 Å². The number of methoxy groups -OCH3 is 1. The molecule has 0 bridgehead atoms. The molecule has 0 N–H and O–H groups in total. The second-order valence-corrected chi connectivity index (χ2v) is 8.03. The zero-order chi connectivity index (χ0) is 17.9. The Morgan fingerprint density at radius 3 is 2.54 bits per heavy atom. The molecule has 26 heavy (non-hydrogen) atoms. The lowest BCUT2D eigenvalue weighted by atomic mass is 9.84. The van der Waals surface area contributed by atoms with E-state index in [-0.39, 0.29) is 0 Å². The fourth-order valence-electron chi connectivity index (χ4n) is 3.51. The summed E-state index contributed by atoms with van der Waals surface area (Å²) < 4.78 is 5.21. The van der Waals surface area contributed by atoms with Crippen LogP contribution in [0, 0.1) is 5.92 Å². The average molecular weight is 372 g/mol. The molecule has 4 rings (SSSR count). The van der Waals surface area contributed by atoms with E-state index >= 15 is 0 Å². The Balaban J connectivity index is 1.31. The molecular weight excluding hydrogens is 346 g/mol. The van der Waals surface area contributed by atoms with Gasteiger partial charge in [0, 0.05) is 43.0 Å². The molecule has 1 aromatic carbocycles. The van der Waals surface area contributed by atoms with Gasteiger partial charge in [-0.05, 0) is 37.1 Å². The first-order chi connectivity index (χ1) is 12.7. The van der Waals surface area contributed by atoms with E-state index in [0.29, 0.717) is 11.8 Å². The molecule has 0 spiro atoms. The number of aromatic nitrogens is 1. The number of piperazine rings is 1. The Morgan fingerprint density at radius 2 is 1.92 bits per heavy atom. The first-order valence-electron chi connectivity index (χ1n) is 9.33. The summed E-state index contributed by atoms with van der Waals surface area (Å²) in [6.45, 7) is 4.45. The number of carbonyl (C=O) groups is 1. The van der Waals surface area contributed by atoms with Gasteiger partial charge in [-0.2, -0.15) is 0 Å². The monoisotopic (exact) mass is 371 g/mol. The van der Waals surface area contributed by atoms with Crippen molar-refractivity contribution in [2.45, 2.75) is 25.8 Å². The van der Waals surface area contributed by atoms with Gasteiger partial charge in [-0.3, -0.25) is 9.69 Å². The van der Waals surface area contributed by atoms with Gasteiger partial charge in [-0.15, -0.1) is 11.3 Å². The molecule has 2 heterocycles. The second kappa shape index (κ2) is 7.76. The summed E-state index contributed by atoms with van der Waals surface area (Å²) in [6, 6.07) is 8.02. The zero-order valence-electron chi connectivity index (χ0n) is 15.2. The summed E-state index contributed by atoms with van der Waals surface area (Å²) in [5.41, 5.74) is 2.13. The zero-order valence-corrected chi connectivity index (χ0v) is 16.0. The quantitative estimate of drug-likeness (QED) is 0.809. The molecule has 0 unspecified atom stereocenters. The molecule has 0 atom stereocenters. The van der Waals surface area contributed by atoms with E-state index < -0.39 is 0 Å². The van der Waals surface area contributed by atoms with Gasteiger partial charge in [0.25, 0.3) is 0 Å². The standard InChI is InChI=1S/C20H25N3O2S/c1-25-17-7-5-15(6-8-17)18-14-26-19(21-18)13-22-9-11-23(12-10-22)20(24)16-3-2-4-16/h5-8,14,16H,2-4,9-13H2,1H3. The van der Waals surface area contributed by atoms with E-state index in [2.05, 4.69) is 15.2 Å². The van der Waals surface area contributed by atoms with Crippen LogP contribution in [0.5, 0.6) is 5.75 Å². The number of benzene rings is 1. The minimum absolute atomic E-state index is 0.313. The van der Waals surface area contributed by atoms with Gasteiger partial charge < -0.3 is 9.64 Å². The number of carbonyl (C=O) groups excluding carboxylic acids is 1. The molecule has 1 aromatic heterocycles. The minimum Gasteiger partial charge on any atom is -0.497 e. The number of rotatable bonds is 5. The van der Waals surface area contributed by atoms with E-state index in [9.17, 15) is 4.79 Å². The van der Waals surface area contributed by atoms with Gasteiger partial charge in [-0.25, -0.2) is 4.98 Å². The Morgan fingerprint density at radius 1 is 1.19 bits per heavy atom. The van der Waals surface area contributed by atoms with Crippen LogP contribution in [0.1, 0.15) is 24.3 Å². The van der Waals surface area contributed by atoms with Crippen molar-refractivity contribution in [3.63, 3.8) is 0 Å². The number of nitrogens with zero attached hydrogens (tertiary/aromatic N) is 3. The van der Waals surface area contributed by atoms with Crippen LogP contribution in [0.3, 0.4) is 0 Å². The highest BCUT2D eigenvalue weighted by atomic mass is 32.1. The van der Waals surface area contributed by atoms with Crippen LogP contribution in [-0.2, 0) is 11.3 Å². The Hall–Kier alpha value is -1.92. The smallest absolute Gasteiger partial charge is 0.225 e. The molecule has 0 radical (unpaired) electrons. The lowest BCUT2D eigenvalue weighted by molar-refractivity contribution is -0.140. The Bertz CT molecular complexity index is 747. The van der Waals surface area contributed by atoms with Crippen molar-refractivity contribution in [3.05, 3.63) is 34.7 Å². The van der Waals surface area contributed by atoms with Crippen molar-refractivity contribution in [1.82, 2.24) is 14.8 Å². The summed E-state index contributed by atoms with van der Waals surface area (Å²) >= 11 is 1.71. The van der Waals surface area contributed by atoms with E-state index in [0.717, 1.165) is 67.6 Å². The minimum atomic E-state index is 0.313. The van der Waals surface area contributed by atoms with E-state index in [1.165, 1.54) is 6.42 Å². The van der Waals surface area contributed by atoms with E-state index in [4.69, 9.17) is 9.72 Å². The summed E-state index contributed by atoms with van der Waals surface area (Å²) in [4.78, 5) is 21.6. The van der Waals surface area contributed by atoms with E-state index in [1.807, 2.05) is 24.3 Å². The number of hydrogen-bond donors (Lipinski definition) is 0. The van der Waals surface area contributed by atoms with E-state index in [1.54, 1.807) is 18.4 Å². The Labute approximate surface area is 158 Å². The van der Waals surface area contributed by atoms with Crippen molar-refractivity contribution in [2.75, 3.05) is 33.3 Å². The van der Waals surface area contributed by atoms with Crippen LogP contribution >= 0.6 is 11.3 Å². The van der Waals surface area contributed by atoms with Gasteiger partial charge in [0.1, 0.15) is 10.8 Å². The summed E-state index contributed by atoms with van der Waals surface area (Å²) in [5.74, 6) is 1.55. The third-order valence-electron chi connectivity index (χ3n) is 5.43. The van der Waals surface area contributed by atoms with Crippen LogP contribution < -0.4 is 4.74 Å². The van der Waals surface area contributed by atoms with Crippen molar-refractivity contribution >= 4 is 17.2 Å². The van der Waals surface area contributed by atoms with Crippen LogP contribution in [0.4, 0.5) is 0 Å². The molecule has 1 aliphatic carbocycles. The van der Waals surface area contributed by atoms with Gasteiger partial charge in [0.15, 0.2) is 0 Å². The number of amides is 1. The molecule has 2 aliphatic rings. The maximum absolute atomic E-state index is 12.3. The first kappa shape index (κ1) is 17.5. The van der Waals surface area contributed by atoms with Gasteiger partial charge in [-0.1, -0.05) is 6.42 Å². The third-order valence-corrected chi connectivity index (χ3v) is 6.27. The normalized spacial score (nSPS) is 18.6. The molecule has 2 aromatic rings. The van der Waals surface area contributed by atoms with Crippen molar-refractivity contribution in [3.8, 4) is 17.0 Å². The highest BCUT2D eigenvalue weighted by molar-refractivity contribution is 7.09. The topological polar surface area (TPSA) is 45.7 Å². The Kier molecular flexibility index (Phi) is 5.22. The molecule has 1 amide bonds. The molecule has 2 fully saturated rings. The summed E-state index contributed by atoms with van der Waals surface area (Å²) in [6.07, 6.45) is 3.40. The third kappa shape index (κ3) is 3.76. The number of thiazole rings is 1. The molecular formula is C20H25N3O2S. The number of ether oxygens (including phenoxy) is 1. The second-order valence-electron chi connectivity index (χ2n) is 7.08. The first-order valence-corrected chi connectivity index (χ1v) is 10.2. The molecule has 1 aliphatic heterocycles.